The fraction of sp³-hybridized carbons (Fsp3) is 0.318. The average Bonchev–Trinajstić information content (AvgIpc) is 2.58. The van der Waals surface area contributed by atoms with Gasteiger partial charge in [0, 0.05) is 6.42 Å². The fourth-order valence-electron chi connectivity index (χ4n) is 3.02. The zero-order valence-electron chi connectivity index (χ0n) is 15.8. The lowest BCUT2D eigenvalue weighted by Gasteiger charge is -2.21. The largest absolute Gasteiger partial charge is 0.544 e. The number of rotatable bonds is 7. The molecule has 0 heterocycles. The number of carbonyl (C=O) groups excluding carboxylic acids is 1. The van der Waals surface area contributed by atoms with E-state index in [1.807, 2.05) is 38.1 Å². The Hall–Kier alpha value is -2.50. The van der Waals surface area contributed by atoms with Gasteiger partial charge in [-0.05, 0) is 73.6 Å². The zero-order valence-corrected chi connectivity index (χ0v) is 15.8. The Morgan fingerprint density at radius 3 is 2.48 bits per heavy atom. The van der Waals surface area contributed by atoms with Crippen LogP contribution < -0.4 is 5.11 Å². The summed E-state index contributed by atoms with van der Waals surface area (Å²) in [7, 11) is 0. The smallest absolute Gasteiger partial charge is 0.204 e. The standard InChI is InChI=1S/C22H25FO4/c1-14-11-15(2)18(7-5-4-6-10-22(26,27)21(24)25)19(12-14)17-8-9-20(23)16(3)13-17/h5,7-9,11-13,26-27H,4,6,10H2,1-3H3,(H,24,25)/p-1/b7-5+. The molecule has 0 spiro atoms. The Balaban J connectivity index is 2.24. The minimum absolute atomic E-state index is 0.246. The van der Waals surface area contributed by atoms with E-state index in [0.717, 1.165) is 27.8 Å². The molecule has 0 bridgehead atoms. The van der Waals surface area contributed by atoms with Gasteiger partial charge >= 0.3 is 0 Å². The maximum atomic E-state index is 13.6. The Morgan fingerprint density at radius 2 is 1.85 bits per heavy atom. The van der Waals surface area contributed by atoms with E-state index < -0.39 is 11.8 Å². The topological polar surface area (TPSA) is 80.6 Å². The molecular weight excluding hydrogens is 347 g/mol. The van der Waals surface area contributed by atoms with Gasteiger partial charge in [0.15, 0.2) is 0 Å². The van der Waals surface area contributed by atoms with Crippen molar-refractivity contribution in [3.05, 3.63) is 64.5 Å². The first-order valence-corrected chi connectivity index (χ1v) is 8.82. The fourth-order valence-corrected chi connectivity index (χ4v) is 3.02. The van der Waals surface area contributed by atoms with Gasteiger partial charge in [0.2, 0.25) is 5.79 Å². The van der Waals surface area contributed by atoms with E-state index in [1.165, 1.54) is 6.07 Å². The summed E-state index contributed by atoms with van der Waals surface area (Å²) in [5.74, 6) is -4.94. The van der Waals surface area contributed by atoms with E-state index in [9.17, 15) is 24.5 Å². The van der Waals surface area contributed by atoms with Crippen LogP contribution in [0.2, 0.25) is 0 Å². The first-order valence-electron chi connectivity index (χ1n) is 8.82. The monoisotopic (exact) mass is 371 g/mol. The summed E-state index contributed by atoms with van der Waals surface area (Å²) in [6.07, 6.45) is 4.25. The zero-order chi connectivity index (χ0) is 20.2. The molecule has 0 saturated heterocycles. The first-order chi connectivity index (χ1) is 12.6. The number of benzene rings is 2. The number of hydrogen-bond acceptors (Lipinski definition) is 4. The Bertz CT molecular complexity index is 869. The quantitative estimate of drug-likeness (QED) is 0.579. The van der Waals surface area contributed by atoms with Crippen LogP contribution in [0.3, 0.4) is 0 Å². The number of hydrogen-bond donors (Lipinski definition) is 2. The number of aliphatic hydroxyl groups is 2. The van der Waals surface area contributed by atoms with Crippen LogP contribution in [0.1, 0.15) is 41.5 Å². The first kappa shape index (κ1) is 20.8. The molecule has 5 heteroatoms. The van der Waals surface area contributed by atoms with Crippen LogP contribution >= 0.6 is 0 Å². The Labute approximate surface area is 158 Å². The minimum atomic E-state index is -2.80. The highest BCUT2D eigenvalue weighted by atomic mass is 19.1. The third-order valence-electron chi connectivity index (χ3n) is 4.51. The highest BCUT2D eigenvalue weighted by molar-refractivity contribution is 5.78. The summed E-state index contributed by atoms with van der Waals surface area (Å²) in [6, 6.07) is 9.12. The Kier molecular flexibility index (Phi) is 6.52. The normalized spacial score (nSPS) is 11.9. The van der Waals surface area contributed by atoms with Crippen molar-refractivity contribution in [2.24, 2.45) is 0 Å². The van der Waals surface area contributed by atoms with Crippen LogP contribution in [0.4, 0.5) is 4.39 Å². The van der Waals surface area contributed by atoms with Crippen LogP contribution in [0, 0.1) is 26.6 Å². The van der Waals surface area contributed by atoms with Gasteiger partial charge < -0.3 is 20.1 Å². The molecule has 4 nitrogen and oxygen atoms in total. The van der Waals surface area contributed by atoms with Crippen LogP contribution in [0.15, 0.2) is 36.4 Å². The molecule has 2 aromatic rings. The van der Waals surface area contributed by atoms with E-state index in [2.05, 4.69) is 6.07 Å². The lowest BCUT2D eigenvalue weighted by molar-refractivity contribution is -0.347. The summed E-state index contributed by atoms with van der Waals surface area (Å²) in [5, 5.41) is 29.1. The molecule has 0 aromatic heterocycles. The number of carbonyl (C=O) groups is 1. The van der Waals surface area contributed by atoms with E-state index >= 15 is 0 Å². The van der Waals surface area contributed by atoms with Gasteiger partial charge in [-0.3, -0.25) is 0 Å². The lowest BCUT2D eigenvalue weighted by atomic mass is 9.92. The third-order valence-corrected chi connectivity index (χ3v) is 4.51. The molecule has 0 radical (unpaired) electrons. The summed E-state index contributed by atoms with van der Waals surface area (Å²) in [6.45, 7) is 5.72. The molecule has 2 aromatic carbocycles. The van der Waals surface area contributed by atoms with Crippen molar-refractivity contribution in [3.8, 4) is 11.1 Å². The van der Waals surface area contributed by atoms with Crippen molar-refractivity contribution in [1.82, 2.24) is 0 Å². The molecule has 0 aliphatic heterocycles. The molecule has 0 amide bonds. The Morgan fingerprint density at radius 1 is 1.15 bits per heavy atom. The summed E-state index contributed by atoms with van der Waals surface area (Å²) in [5.41, 5.74) is 5.64. The number of halogens is 1. The van der Waals surface area contributed by atoms with Gasteiger partial charge in [0.25, 0.3) is 0 Å². The third kappa shape index (κ3) is 5.25. The lowest BCUT2D eigenvalue weighted by Crippen LogP contribution is -2.48. The summed E-state index contributed by atoms with van der Waals surface area (Å²) < 4.78 is 13.6. The molecule has 2 N–H and O–H groups in total. The molecule has 27 heavy (non-hydrogen) atoms. The predicted molar refractivity (Wildman–Crippen MR) is 101 cm³/mol. The predicted octanol–water partition coefficient (Wildman–Crippen LogP) is 3.03. The number of unbranched alkanes of at least 4 members (excludes halogenated alkanes) is 1. The van der Waals surface area contributed by atoms with Crippen LogP contribution in [-0.4, -0.2) is 22.0 Å². The van der Waals surface area contributed by atoms with Crippen LogP contribution in [0.5, 0.6) is 0 Å². The molecule has 2 rings (SSSR count). The highest BCUT2D eigenvalue weighted by Crippen LogP contribution is 2.30. The second-order valence-corrected chi connectivity index (χ2v) is 6.91. The van der Waals surface area contributed by atoms with Gasteiger partial charge in [-0.2, -0.15) is 0 Å². The molecule has 0 aliphatic carbocycles. The SMILES string of the molecule is Cc1cc(C)c(/C=C/CCCC(O)(O)C(=O)[O-])c(-c2ccc(F)c(C)c2)c1. The molecule has 0 aliphatic rings. The molecule has 0 unspecified atom stereocenters. The minimum Gasteiger partial charge on any atom is -0.544 e. The number of carboxylic acid groups (broad SMARTS) is 1. The van der Waals surface area contributed by atoms with Crippen LogP contribution in [-0.2, 0) is 4.79 Å². The van der Waals surface area contributed by atoms with E-state index in [4.69, 9.17) is 0 Å². The molecule has 0 fully saturated rings. The van der Waals surface area contributed by atoms with E-state index in [0.29, 0.717) is 12.0 Å². The summed E-state index contributed by atoms with van der Waals surface area (Å²) in [4.78, 5) is 10.6. The number of allylic oxidation sites excluding steroid dienone is 1. The van der Waals surface area contributed by atoms with Crippen LogP contribution in [0.25, 0.3) is 17.2 Å². The highest BCUT2D eigenvalue weighted by Gasteiger charge is 2.23. The maximum absolute atomic E-state index is 13.6. The van der Waals surface area contributed by atoms with Crippen molar-refractivity contribution in [3.63, 3.8) is 0 Å². The summed E-state index contributed by atoms with van der Waals surface area (Å²) >= 11 is 0. The van der Waals surface area contributed by atoms with Gasteiger partial charge in [0.1, 0.15) is 11.8 Å². The second-order valence-electron chi connectivity index (χ2n) is 6.91. The van der Waals surface area contributed by atoms with E-state index in [1.54, 1.807) is 13.0 Å². The molecule has 0 saturated carbocycles. The average molecular weight is 371 g/mol. The maximum Gasteiger partial charge on any atom is 0.204 e. The van der Waals surface area contributed by atoms with Gasteiger partial charge in [-0.25, -0.2) is 4.39 Å². The number of aryl methyl sites for hydroxylation is 3. The van der Waals surface area contributed by atoms with Crippen molar-refractivity contribution in [1.29, 1.82) is 0 Å². The van der Waals surface area contributed by atoms with Gasteiger partial charge in [-0.15, -0.1) is 0 Å². The van der Waals surface area contributed by atoms with Crippen molar-refractivity contribution in [2.75, 3.05) is 0 Å². The molecule has 144 valence electrons. The van der Waals surface area contributed by atoms with Crippen molar-refractivity contribution < 1.29 is 24.5 Å². The molecule has 0 atom stereocenters. The van der Waals surface area contributed by atoms with Crippen molar-refractivity contribution in [2.45, 2.75) is 45.8 Å². The second kappa shape index (κ2) is 8.46. The van der Waals surface area contributed by atoms with E-state index in [-0.39, 0.29) is 18.7 Å². The number of aliphatic carboxylic acids is 1. The number of carboxylic acids is 1. The van der Waals surface area contributed by atoms with Gasteiger partial charge in [-0.1, -0.05) is 35.9 Å². The van der Waals surface area contributed by atoms with Crippen molar-refractivity contribution >= 4 is 12.0 Å². The molecular formula is C22H24FO4-. The van der Waals surface area contributed by atoms with Gasteiger partial charge in [0.05, 0.1) is 0 Å².